The number of anilines is 6. The van der Waals surface area contributed by atoms with E-state index in [1.807, 2.05) is 0 Å². The highest BCUT2D eigenvalue weighted by atomic mass is 28.3. The summed E-state index contributed by atoms with van der Waals surface area (Å²) in [6.07, 6.45) is 0. The molecule has 5 heteroatoms. The zero-order valence-electron chi connectivity index (χ0n) is 39.1. The number of ether oxygens (including phenoxy) is 1. The van der Waals surface area contributed by atoms with Gasteiger partial charge in [0.2, 0.25) is 0 Å². The van der Waals surface area contributed by atoms with E-state index in [0.717, 1.165) is 39.9 Å². The predicted octanol–water partition coefficient (Wildman–Crippen LogP) is 11.5. The minimum Gasteiger partial charge on any atom is -0.458 e. The molecule has 12 rings (SSSR count). The molecule has 0 bridgehead atoms. The molecule has 3 nitrogen and oxygen atoms in total. The van der Waals surface area contributed by atoms with Crippen LogP contribution in [0.1, 0.15) is 52.7 Å². The van der Waals surface area contributed by atoms with Gasteiger partial charge in [-0.2, -0.15) is 0 Å². The van der Waals surface area contributed by atoms with Crippen LogP contribution in [0, 0.1) is 0 Å². The molecule has 0 unspecified atom stereocenters. The molecular formula is C62H53BN2OSi. The molecule has 0 aromatic heterocycles. The van der Waals surface area contributed by atoms with E-state index in [4.69, 9.17) is 4.74 Å². The van der Waals surface area contributed by atoms with Crippen molar-refractivity contribution in [1.29, 1.82) is 0 Å². The van der Waals surface area contributed by atoms with Crippen LogP contribution in [0.2, 0.25) is 0 Å². The fraction of sp³-hybridized carbons (Fsp3) is 0.129. The molecule has 9 aromatic rings. The highest BCUT2D eigenvalue weighted by molar-refractivity contribution is 7.22. The molecule has 0 saturated carbocycles. The summed E-state index contributed by atoms with van der Waals surface area (Å²) in [6.45, 7) is 13.7. The summed E-state index contributed by atoms with van der Waals surface area (Å²) in [5.74, 6) is 1.79. The van der Waals surface area contributed by atoms with Crippen molar-refractivity contribution in [3.63, 3.8) is 0 Å². The van der Waals surface area contributed by atoms with Crippen molar-refractivity contribution in [2.45, 2.75) is 52.4 Å². The molecule has 3 heterocycles. The van der Waals surface area contributed by atoms with E-state index in [1.54, 1.807) is 0 Å². The van der Waals surface area contributed by atoms with E-state index < -0.39 is 8.07 Å². The Bertz CT molecular complexity index is 3260. The molecule has 3 aliphatic rings. The number of para-hydroxylation sites is 2. The number of benzene rings is 9. The Hall–Kier alpha value is -7.34. The second-order valence-corrected chi connectivity index (χ2v) is 24.3. The Balaban J connectivity index is 1.21. The van der Waals surface area contributed by atoms with Gasteiger partial charge in [0.25, 0.3) is 6.71 Å². The Morgan fingerprint density at radius 2 is 0.985 bits per heavy atom. The average Bonchev–Trinajstić information content (AvgIpc) is 3.64. The summed E-state index contributed by atoms with van der Waals surface area (Å²) in [7, 11) is -2.85. The number of rotatable bonds is 6. The van der Waals surface area contributed by atoms with Gasteiger partial charge in [0.05, 0.1) is 5.69 Å². The lowest BCUT2D eigenvalue weighted by Crippen LogP contribution is -2.73. The van der Waals surface area contributed by atoms with E-state index in [2.05, 4.69) is 264 Å². The zero-order valence-corrected chi connectivity index (χ0v) is 40.1. The van der Waals surface area contributed by atoms with Gasteiger partial charge in [-0.1, -0.05) is 193 Å². The Labute approximate surface area is 397 Å². The number of nitrogens with zero attached hydrogens (tertiary/aromatic N) is 2. The smallest absolute Gasteiger partial charge is 0.256 e. The molecule has 0 atom stereocenters. The summed E-state index contributed by atoms with van der Waals surface area (Å²) in [5, 5.41) is 5.64. The quantitative estimate of drug-likeness (QED) is 0.155. The van der Waals surface area contributed by atoms with E-state index >= 15 is 0 Å². The van der Waals surface area contributed by atoms with Crippen LogP contribution < -0.4 is 51.7 Å². The summed E-state index contributed by atoms with van der Waals surface area (Å²) in [4.78, 5) is 4.93. The first-order chi connectivity index (χ1) is 32.5. The molecule has 0 saturated heterocycles. The number of fused-ring (bicyclic) bond motifs is 7. The van der Waals surface area contributed by atoms with Crippen LogP contribution >= 0.6 is 0 Å². The van der Waals surface area contributed by atoms with Crippen molar-refractivity contribution in [1.82, 2.24) is 0 Å². The molecule has 0 aliphatic carbocycles. The third-order valence-electron chi connectivity index (χ3n) is 14.5. The van der Waals surface area contributed by atoms with Gasteiger partial charge in [-0.3, -0.25) is 0 Å². The molecule has 67 heavy (non-hydrogen) atoms. The van der Waals surface area contributed by atoms with Crippen LogP contribution in [-0.4, -0.2) is 14.8 Å². The number of hydrogen-bond donors (Lipinski definition) is 0. The van der Waals surface area contributed by atoms with E-state index in [9.17, 15) is 0 Å². The number of hydrogen-bond acceptors (Lipinski definition) is 3. The minimum absolute atomic E-state index is 0.000137. The standard InChI is InChI=1S/C62H53BN2OSi/c1-61(2,3)42-31-34-46(35-32-42)65-54-41-59-51(50-29-19-20-30-58(50)67(59,48-25-15-9-16-26-48)49-27-17-10-18-28-49)40-52(54)63-53-37-43(62(4,5)6)33-36-56(53)66-57-39-47(38-55(65)60(57)63)64(44-21-11-7-12-22-44)45-23-13-8-14-24-45/h7-41H,1-6H3. The van der Waals surface area contributed by atoms with E-state index in [1.165, 1.54) is 65.1 Å². The van der Waals surface area contributed by atoms with Gasteiger partial charge in [-0.15, -0.1) is 0 Å². The largest absolute Gasteiger partial charge is 0.458 e. The van der Waals surface area contributed by atoms with Gasteiger partial charge in [0, 0.05) is 34.5 Å². The van der Waals surface area contributed by atoms with E-state index in [-0.39, 0.29) is 17.5 Å². The van der Waals surface area contributed by atoms with Gasteiger partial charge >= 0.3 is 0 Å². The van der Waals surface area contributed by atoms with Gasteiger partial charge in [-0.05, 0) is 125 Å². The lowest BCUT2D eigenvalue weighted by molar-refractivity contribution is 0.486. The molecular weight excluding hydrogens is 828 g/mol. The Kier molecular flexibility index (Phi) is 9.43. The highest BCUT2D eigenvalue weighted by Gasteiger charge is 2.51. The third-order valence-corrected chi connectivity index (χ3v) is 19.3. The maximum Gasteiger partial charge on any atom is 0.256 e. The van der Waals surface area contributed by atoms with Crippen LogP contribution in [0.4, 0.5) is 34.1 Å². The van der Waals surface area contributed by atoms with Crippen LogP contribution in [-0.2, 0) is 10.8 Å². The first-order valence-electron chi connectivity index (χ1n) is 23.7. The van der Waals surface area contributed by atoms with Crippen LogP contribution in [0.3, 0.4) is 0 Å². The SMILES string of the molecule is CC(C)(C)c1ccc(N2c3cc4c(cc3B3c5cc(C(C)(C)C)ccc5Oc5cc(N(c6ccccc6)c6ccccc6)cc2c53)-c2ccccc2[Si]4(c2ccccc2)c2ccccc2)cc1. The molecule has 0 N–H and O–H groups in total. The summed E-state index contributed by atoms with van der Waals surface area (Å²) in [6, 6.07) is 79.6. The van der Waals surface area contributed by atoms with Crippen molar-refractivity contribution >= 4 is 86.0 Å². The normalized spacial score (nSPS) is 14.0. The maximum atomic E-state index is 7.27. The van der Waals surface area contributed by atoms with Gasteiger partial charge in [0.15, 0.2) is 8.07 Å². The zero-order chi connectivity index (χ0) is 45.7. The lowest BCUT2D eigenvalue weighted by Gasteiger charge is -2.42. The molecule has 9 aromatic carbocycles. The minimum atomic E-state index is -2.85. The fourth-order valence-corrected chi connectivity index (χ4v) is 16.4. The van der Waals surface area contributed by atoms with E-state index in [0.29, 0.717) is 0 Å². The topological polar surface area (TPSA) is 15.7 Å². The Morgan fingerprint density at radius 1 is 0.433 bits per heavy atom. The molecule has 0 fully saturated rings. The molecule has 324 valence electrons. The molecule has 0 spiro atoms. The van der Waals surface area contributed by atoms with Crippen molar-refractivity contribution in [3.8, 4) is 22.6 Å². The van der Waals surface area contributed by atoms with Gasteiger partial charge in [0.1, 0.15) is 11.5 Å². The van der Waals surface area contributed by atoms with Crippen LogP contribution in [0.5, 0.6) is 11.5 Å². The summed E-state index contributed by atoms with van der Waals surface area (Å²) >= 11 is 0. The average molecular weight is 881 g/mol. The van der Waals surface area contributed by atoms with Crippen LogP contribution in [0.15, 0.2) is 212 Å². The fourth-order valence-electron chi connectivity index (χ4n) is 11.3. The van der Waals surface area contributed by atoms with Crippen molar-refractivity contribution in [3.05, 3.63) is 223 Å². The second-order valence-electron chi connectivity index (χ2n) is 20.5. The first-order valence-corrected chi connectivity index (χ1v) is 25.7. The van der Waals surface area contributed by atoms with Crippen molar-refractivity contribution in [2.75, 3.05) is 9.80 Å². The summed E-state index contributed by atoms with van der Waals surface area (Å²) < 4.78 is 7.27. The molecule has 0 amide bonds. The second kappa shape index (κ2) is 15.4. The van der Waals surface area contributed by atoms with Gasteiger partial charge in [-0.25, -0.2) is 0 Å². The van der Waals surface area contributed by atoms with Crippen molar-refractivity contribution in [2.24, 2.45) is 0 Å². The van der Waals surface area contributed by atoms with Crippen LogP contribution in [0.25, 0.3) is 11.1 Å². The predicted molar refractivity (Wildman–Crippen MR) is 287 cm³/mol. The summed E-state index contributed by atoms with van der Waals surface area (Å²) in [5.41, 5.74) is 15.5. The molecule has 3 aliphatic heterocycles. The first kappa shape index (κ1) is 41.1. The van der Waals surface area contributed by atoms with Crippen molar-refractivity contribution < 1.29 is 4.74 Å². The highest BCUT2D eigenvalue weighted by Crippen LogP contribution is 2.47. The third kappa shape index (κ3) is 6.47. The van der Waals surface area contributed by atoms with Gasteiger partial charge < -0.3 is 14.5 Å². The lowest BCUT2D eigenvalue weighted by atomic mass is 9.34. The maximum absolute atomic E-state index is 7.27. The Morgan fingerprint density at radius 3 is 1.58 bits per heavy atom. The molecule has 0 radical (unpaired) electrons. The monoisotopic (exact) mass is 880 g/mol.